The molecular weight excluding hydrogens is 351 g/mol. The lowest BCUT2D eigenvalue weighted by molar-refractivity contribution is 0.0600. The average Bonchev–Trinajstić information content (AvgIpc) is 3.05. The van der Waals surface area contributed by atoms with Crippen molar-refractivity contribution >= 4 is 17.6 Å². The zero-order valence-electron chi connectivity index (χ0n) is 15.0. The Hall–Kier alpha value is -3.55. The molecule has 0 aliphatic heterocycles. The van der Waals surface area contributed by atoms with Gasteiger partial charge in [-0.3, -0.25) is 4.79 Å². The predicted octanol–water partition coefficient (Wildman–Crippen LogP) is 3.06. The Bertz CT molecular complexity index is 1010. The molecule has 0 saturated carbocycles. The average molecular weight is 368 g/mol. The van der Waals surface area contributed by atoms with Gasteiger partial charge in [0.05, 0.1) is 18.4 Å². The molecule has 0 aliphatic rings. The van der Waals surface area contributed by atoms with E-state index in [1.165, 1.54) is 30.0 Å². The van der Waals surface area contributed by atoms with Gasteiger partial charge in [0.2, 0.25) is 5.82 Å². The third-order valence-electron chi connectivity index (χ3n) is 3.95. The molecule has 2 aromatic carbocycles. The van der Waals surface area contributed by atoms with Crippen molar-refractivity contribution in [2.75, 3.05) is 12.4 Å². The van der Waals surface area contributed by atoms with Crippen molar-refractivity contribution in [3.05, 3.63) is 71.1 Å². The molecule has 1 N–H and O–H groups in total. The van der Waals surface area contributed by atoms with Gasteiger partial charge in [-0.2, -0.15) is 0 Å². The first kappa shape index (κ1) is 18.2. The number of nitrogens with one attached hydrogen (secondary N) is 1. The molecule has 0 saturated heterocycles. The molecule has 1 amide bonds. The number of hydrogen-bond donors (Lipinski definition) is 1. The number of methoxy groups -OCH3 is 1. The van der Waals surface area contributed by atoms with Crippen LogP contribution in [0.5, 0.6) is 0 Å². The molecule has 0 atom stereocenters. The van der Waals surface area contributed by atoms with Crippen molar-refractivity contribution in [2.24, 2.45) is 0 Å². The number of nitrogens with zero attached hydrogens (tertiary/aromatic N) is 3. The van der Waals surface area contributed by atoms with Crippen LogP contribution in [0.15, 0.2) is 42.5 Å². The van der Waals surface area contributed by atoms with E-state index in [0.29, 0.717) is 22.8 Å². The van der Waals surface area contributed by atoms with E-state index in [-0.39, 0.29) is 11.6 Å². The zero-order valence-corrected chi connectivity index (χ0v) is 15.0. The van der Waals surface area contributed by atoms with Crippen LogP contribution in [-0.4, -0.2) is 33.8 Å². The van der Waals surface area contributed by atoms with Crippen molar-refractivity contribution in [1.82, 2.24) is 14.8 Å². The summed E-state index contributed by atoms with van der Waals surface area (Å²) < 4.78 is 19.2. The molecule has 1 heterocycles. The third kappa shape index (κ3) is 3.84. The maximum absolute atomic E-state index is 13.1. The smallest absolute Gasteiger partial charge is 0.337 e. The van der Waals surface area contributed by atoms with Crippen LogP contribution in [-0.2, 0) is 4.74 Å². The minimum atomic E-state index is -0.524. The fourth-order valence-electron chi connectivity index (χ4n) is 2.49. The van der Waals surface area contributed by atoms with E-state index in [4.69, 9.17) is 4.74 Å². The highest BCUT2D eigenvalue weighted by atomic mass is 19.1. The number of anilines is 1. The van der Waals surface area contributed by atoms with Crippen molar-refractivity contribution in [1.29, 1.82) is 0 Å². The Morgan fingerprint density at radius 3 is 2.48 bits per heavy atom. The number of aromatic nitrogens is 3. The second-order valence-electron chi connectivity index (χ2n) is 5.85. The fourth-order valence-corrected chi connectivity index (χ4v) is 2.49. The van der Waals surface area contributed by atoms with Crippen LogP contribution in [0.2, 0.25) is 0 Å². The van der Waals surface area contributed by atoms with E-state index in [1.807, 2.05) is 0 Å². The van der Waals surface area contributed by atoms with Crippen LogP contribution in [0.1, 0.15) is 32.4 Å². The molecule has 138 valence electrons. The van der Waals surface area contributed by atoms with Crippen molar-refractivity contribution in [3.63, 3.8) is 0 Å². The minimum Gasteiger partial charge on any atom is -0.465 e. The number of carbonyl (C=O) groups excluding carboxylic acids is 2. The Labute approximate surface area is 154 Å². The summed E-state index contributed by atoms with van der Waals surface area (Å²) in [5.41, 5.74) is 2.13. The topological polar surface area (TPSA) is 86.1 Å². The van der Waals surface area contributed by atoms with Crippen LogP contribution in [0, 0.1) is 19.7 Å². The second-order valence-corrected chi connectivity index (χ2v) is 5.85. The SMILES string of the molecule is COC(=O)c1ccc(C)c(NC(=O)c2nc(C)n(-c3ccc(F)cc3)n2)c1. The summed E-state index contributed by atoms with van der Waals surface area (Å²) in [6, 6.07) is 10.5. The minimum absolute atomic E-state index is 0.0419. The van der Waals surface area contributed by atoms with Crippen molar-refractivity contribution in [2.45, 2.75) is 13.8 Å². The maximum Gasteiger partial charge on any atom is 0.337 e. The van der Waals surface area contributed by atoms with Crippen LogP contribution in [0.4, 0.5) is 10.1 Å². The molecule has 8 heteroatoms. The summed E-state index contributed by atoms with van der Waals surface area (Å²) in [5, 5.41) is 6.89. The van der Waals surface area contributed by atoms with E-state index in [9.17, 15) is 14.0 Å². The monoisotopic (exact) mass is 368 g/mol. The molecule has 3 aromatic rings. The third-order valence-corrected chi connectivity index (χ3v) is 3.95. The Morgan fingerprint density at radius 1 is 1.11 bits per heavy atom. The molecule has 7 nitrogen and oxygen atoms in total. The molecule has 0 radical (unpaired) electrons. The van der Waals surface area contributed by atoms with E-state index < -0.39 is 11.9 Å². The van der Waals surface area contributed by atoms with Crippen LogP contribution in [0.3, 0.4) is 0 Å². The molecule has 3 rings (SSSR count). The first-order valence-corrected chi connectivity index (χ1v) is 8.09. The lowest BCUT2D eigenvalue weighted by Gasteiger charge is -2.08. The van der Waals surface area contributed by atoms with Gasteiger partial charge >= 0.3 is 5.97 Å². The number of carbonyl (C=O) groups is 2. The van der Waals surface area contributed by atoms with E-state index in [0.717, 1.165) is 5.56 Å². The Balaban J connectivity index is 1.86. The van der Waals surface area contributed by atoms with Gasteiger partial charge in [-0.25, -0.2) is 18.9 Å². The number of amides is 1. The van der Waals surface area contributed by atoms with Crippen LogP contribution in [0.25, 0.3) is 5.69 Å². The van der Waals surface area contributed by atoms with Crippen LogP contribution < -0.4 is 5.32 Å². The number of esters is 1. The summed E-state index contributed by atoms with van der Waals surface area (Å²) in [6.45, 7) is 3.49. The molecule has 0 aliphatic carbocycles. The lowest BCUT2D eigenvalue weighted by Crippen LogP contribution is -2.15. The molecular formula is C19H17FN4O3. The number of hydrogen-bond acceptors (Lipinski definition) is 5. The summed E-state index contributed by atoms with van der Waals surface area (Å²) >= 11 is 0. The van der Waals surface area contributed by atoms with E-state index in [2.05, 4.69) is 15.4 Å². The maximum atomic E-state index is 13.1. The quantitative estimate of drug-likeness (QED) is 0.715. The summed E-state index contributed by atoms with van der Waals surface area (Å²) in [6.07, 6.45) is 0. The normalized spacial score (nSPS) is 10.5. The van der Waals surface area contributed by atoms with Gasteiger partial charge in [0.15, 0.2) is 0 Å². The second kappa shape index (κ2) is 7.36. The highest BCUT2D eigenvalue weighted by Crippen LogP contribution is 2.19. The van der Waals surface area contributed by atoms with E-state index in [1.54, 1.807) is 38.1 Å². The van der Waals surface area contributed by atoms with Gasteiger partial charge in [-0.05, 0) is 55.8 Å². The van der Waals surface area contributed by atoms with Crippen LogP contribution >= 0.6 is 0 Å². The molecule has 27 heavy (non-hydrogen) atoms. The Morgan fingerprint density at radius 2 is 1.81 bits per heavy atom. The van der Waals surface area contributed by atoms with Crippen molar-refractivity contribution < 1.29 is 18.7 Å². The predicted molar refractivity (Wildman–Crippen MR) is 96.5 cm³/mol. The summed E-state index contributed by atoms with van der Waals surface area (Å²) in [7, 11) is 1.29. The van der Waals surface area contributed by atoms with Gasteiger partial charge in [0.25, 0.3) is 5.91 Å². The largest absolute Gasteiger partial charge is 0.465 e. The van der Waals surface area contributed by atoms with Gasteiger partial charge in [-0.1, -0.05) is 6.07 Å². The van der Waals surface area contributed by atoms with Gasteiger partial charge < -0.3 is 10.1 Å². The standard InChI is InChI=1S/C19H17FN4O3/c1-11-4-5-13(19(26)27-3)10-16(11)22-18(25)17-21-12(2)24(23-17)15-8-6-14(20)7-9-15/h4-10H,1-3H3,(H,22,25). The molecule has 0 bridgehead atoms. The first-order valence-electron chi connectivity index (χ1n) is 8.09. The van der Waals surface area contributed by atoms with Gasteiger partial charge in [-0.15, -0.1) is 5.10 Å². The zero-order chi connectivity index (χ0) is 19.6. The lowest BCUT2D eigenvalue weighted by atomic mass is 10.1. The molecule has 0 unspecified atom stereocenters. The number of rotatable bonds is 4. The highest BCUT2D eigenvalue weighted by molar-refractivity contribution is 6.02. The molecule has 0 fully saturated rings. The van der Waals surface area contributed by atoms with E-state index >= 15 is 0 Å². The first-order chi connectivity index (χ1) is 12.9. The number of aryl methyl sites for hydroxylation is 2. The number of halogens is 1. The molecule has 0 spiro atoms. The van der Waals surface area contributed by atoms with Gasteiger partial charge in [0, 0.05) is 5.69 Å². The highest BCUT2D eigenvalue weighted by Gasteiger charge is 2.17. The number of benzene rings is 2. The molecule has 1 aromatic heterocycles. The number of ether oxygens (including phenoxy) is 1. The Kier molecular flexibility index (Phi) is 4.98. The fraction of sp³-hybridized carbons (Fsp3) is 0.158. The van der Waals surface area contributed by atoms with Gasteiger partial charge in [0.1, 0.15) is 11.6 Å². The summed E-state index contributed by atoms with van der Waals surface area (Å²) in [5.74, 6) is -0.953. The summed E-state index contributed by atoms with van der Waals surface area (Å²) in [4.78, 5) is 28.4. The van der Waals surface area contributed by atoms with Crippen molar-refractivity contribution in [3.8, 4) is 5.69 Å².